The standard InChI is InChI=1S/C12H24F3NO/c1-4-6-16-8-11(10(2)3)5-7-17-9-12(13,14)15/h10-11,16H,4-9H2,1-3H3. The van der Waals surface area contributed by atoms with Crippen molar-refractivity contribution in [3.8, 4) is 0 Å². The molecule has 0 aliphatic carbocycles. The summed E-state index contributed by atoms with van der Waals surface area (Å²) >= 11 is 0. The summed E-state index contributed by atoms with van der Waals surface area (Å²) in [4.78, 5) is 0. The van der Waals surface area contributed by atoms with Gasteiger partial charge in [-0.3, -0.25) is 0 Å². The van der Waals surface area contributed by atoms with Crippen LogP contribution in [0.15, 0.2) is 0 Å². The maximum Gasteiger partial charge on any atom is 0.411 e. The number of alkyl halides is 3. The topological polar surface area (TPSA) is 21.3 Å². The molecule has 0 saturated heterocycles. The van der Waals surface area contributed by atoms with Crippen LogP contribution in [0.5, 0.6) is 0 Å². The van der Waals surface area contributed by atoms with Gasteiger partial charge in [0.1, 0.15) is 6.61 Å². The van der Waals surface area contributed by atoms with Gasteiger partial charge in [-0.1, -0.05) is 20.8 Å². The van der Waals surface area contributed by atoms with Gasteiger partial charge in [0.05, 0.1) is 0 Å². The van der Waals surface area contributed by atoms with Crippen molar-refractivity contribution in [3.63, 3.8) is 0 Å². The zero-order valence-electron chi connectivity index (χ0n) is 10.9. The molecule has 1 atom stereocenters. The molecule has 0 aliphatic heterocycles. The molecule has 0 amide bonds. The van der Waals surface area contributed by atoms with Crippen LogP contribution in [-0.4, -0.2) is 32.5 Å². The molecule has 0 saturated carbocycles. The Labute approximate surface area is 102 Å². The summed E-state index contributed by atoms with van der Waals surface area (Å²) < 4.78 is 40.2. The first kappa shape index (κ1) is 16.7. The minimum absolute atomic E-state index is 0.177. The van der Waals surface area contributed by atoms with Crippen LogP contribution >= 0.6 is 0 Å². The molecule has 5 heteroatoms. The van der Waals surface area contributed by atoms with E-state index < -0.39 is 12.8 Å². The Morgan fingerprint density at radius 1 is 1.24 bits per heavy atom. The Bertz CT molecular complexity index is 183. The average molecular weight is 255 g/mol. The minimum atomic E-state index is -4.21. The predicted molar refractivity (Wildman–Crippen MR) is 63.0 cm³/mol. The zero-order valence-corrected chi connectivity index (χ0v) is 10.9. The average Bonchev–Trinajstić information content (AvgIpc) is 2.19. The number of ether oxygens (including phenoxy) is 1. The van der Waals surface area contributed by atoms with Crippen molar-refractivity contribution < 1.29 is 17.9 Å². The molecule has 1 N–H and O–H groups in total. The number of hydrogen-bond donors (Lipinski definition) is 1. The first-order valence-electron chi connectivity index (χ1n) is 6.22. The smallest absolute Gasteiger partial charge is 0.372 e. The molecule has 0 radical (unpaired) electrons. The monoisotopic (exact) mass is 255 g/mol. The van der Waals surface area contributed by atoms with Crippen molar-refractivity contribution >= 4 is 0 Å². The quantitative estimate of drug-likeness (QED) is 0.639. The molecule has 2 nitrogen and oxygen atoms in total. The molecule has 0 bridgehead atoms. The highest BCUT2D eigenvalue weighted by Crippen LogP contribution is 2.17. The van der Waals surface area contributed by atoms with E-state index in [-0.39, 0.29) is 6.61 Å². The molecule has 0 rings (SSSR count). The molecular weight excluding hydrogens is 231 g/mol. The van der Waals surface area contributed by atoms with Crippen molar-refractivity contribution in [1.29, 1.82) is 0 Å². The summed E-state index contributed by atoms with van der Waals surface area (Å²) in [5.74, 6) is 0.823. The van der Waals surface area contributed by atoms with Gasteiger partial charge in [-0.15, -0.1) is 0 Å². The van der Waals surface area contributed by atoms with Crippen molar-refractivity contribution in [3.05, 3.63) is 0 Å². The SMILES string of the molecule is CCCNCC(CCOCC(F)(F)F)C(C)C. The normalized spacial score (nSPS) is 14.3. The largest absolute Gasteiger partial charge is 0.411 e. The number of rotatable bonds is 9. The molecule has 104 valence electrons. The van der Waals surface area contributed by atoms with Crippen LogP contribution in [0.3, 0.4) is 0 Å². The summed E-state index contributed by atoms with van der Waals surface area (Å²) in [5, 5.41) is 3.30. The minimum Gasteiger partial charge on any atom is -0.372 e. The summed E-state index contributed by atoms with van der Waals surface area (Å²) in [5.41, 5.74) is 0. The molecule has 1 unspecified atom stereocenters. The molecule has 0 spiro atoms. The lowest BCUT2D eigenvalue weighted by Gasteiger charge is -2.21. The fourth-order valence-electron chi connectivity index (χ4n) is 1.56. The molecule has 0 heterocycles. The van der Waals surface area contributed by atoms with Crippen LogP contribution in [0, 0.1) is 11.8 Å². The Hall–Kier alpha value is -0.290. The van der Waals surface area contributed by atoms with Crippen LogP contribution in [0.25, 0.3) is 0 Å². The van der Waals surface area contributed by atoms with Crippen LogP contribution < -0.4 is 5.32 Å². The third-order valence-corrected chi connectivity index (χ3v) is 2.67. The molecule has 0 aromatic heterocycles. The van der Waals surface area contributed by atoms with Crippen LogP contribution in [0.4, 0.5) is 13.2 Å². The van der Waals surface area contributed by atoms with E-state index in [1.54, 1.807) is 0 Å². The zero-order chi connectivity index (χ0) is 13.3. The number of hydrogen-bond acceptors (Lipinski definition) is 2. The second-order valence-electron chi connectivity index (χ2n) is 4.66. The second-order valence-corrected chi connectivity index (χ2v) is 4.66. The maximum absolute atomic E-state index is 11.8. The Morgan fingerprint density at radius 2 is 1.88 bits per heavy atom. The van der Waals surface area contributed by atoms with Gasteiger partial charge >= 0.3 is 6.18 Å². The van der Waals surface area contributed by atoms with E-state index in [0.29, 0.717) is 18.3 Å². The van der Waals surface area contributed by atoms with Crippen LogP contribution in [0.2, 0.25) is 0 Å². The van der Waals surface area contributed by atoms with Crippen LogP contribution in [-0.2, 0) is 4.74 Å². The lowest BCUT2D eigenvalue weighted by atomic mass is 9.93. The molecule has 0 fully saturated rings. The molecule has 0 aromatic carbocycles. The van der Waals surface area contributed by atoms with Crippen molar-refractivity contribution in [2.75, 3.05) is 26.3 Å². The van der Waals surface area contributed by atoms with Gasteiger partial charge in [-0.05, 0) is 37.8 Å². The van der Waals surface area contributed by atoms with Crippen molar-refractivity contribution in [2.24, 2.45) is 11.8 Å². The molecule has 0 aromatic rings. The van der Waals surface area contributed by atoms with Gasteiger partial charge < -0.3 is 10.1 Å². The lowest BCUT2D eigenvalue weighted by Crippen LogP contribution is -2.28. The predicted octanol–water partition coefficient (Wildman–Crippen LogP) is 3.23. The Balaban J connectivity index is 3.70. The first-order valence-corrected chi connectivity index (χ1v) is 6.22. The second kappa shape index (κ2) is 8.75. The fourth-order valence-corrected chi connectivity index (χ4v) is 1.56. The number of nitrogens with one attached hydrogen (secondary N) is 1. The third-order valence-electron chi connectivity index (χ3n) is 2.67. The fraction of sp³-hybridized carbons (Fsp3) is 1.00. The van der Waals surface area contributed by atoms with Crippen LogP contribution in [0.1, 0.15) is 33.6 Å². The summed E-state index contributed by atoms with van der Waals surface area (Å²) in [6.07, 6.45) is -2.48. The lowest BCUT2D eigenvalue weighted by molar-refractivity contribution is -0.174. The van der Waals surface area contributed by atoms with Gasteiger partial charge in [-0.25, -0.2) is 0 Å². The van der Waals surface area contributed by atoms with E-state index in [4.69, 9.17) is 0 Å². The maximum atomic E-state index is 11.8. The van der Waals surface area contributed by atoms with E-state index >= 15 is 0 Å². The van der Waals surface area contributed by atoms with Crippen molar-refractivity contribution in [2.45, 2.75) is 39.8 Å². The van der Waals surface area contributed by atoms with E-state index in [1.165, 1.54) is 0 Å². The van der Waals surface area contributed by atoms with E-state index in [1.807, 2.05) is 0 Å². The highest BCUT2D eigenvalue weighted by molar-refractivity contribution is 4.66. The van der Waals surface area contributed by atoms with Crippen molar-refractivity contribution in [1.82, 2.24) is 5.32 Å². The summed E-state index contributed by atoms with van der Waals surface area (Å²) in [7, 11) is 0. The third kappa shape index (κ3) is 10.6. The molecule has 17 heavy (non-hydrogen) atoms. The number of halogens is 3. The van der Waals surface area contributed by atoms with Gasteiger partial charge in [0, 0.05) is 6.61 Å². The Kier molecular flexibility index (Phi) is 8.60. The van der Waals surface area contributed by atoms with Gasteiger partial charge in [0.15, 0.2) is 0 Å². The Morgan fingerprint density at radius 3 is 2.35 bits per heavy atom. The van der Waals surface area contributed by atoms with E-state index in [2.05, 4.69) is 30.8 Å². The molecular formula is C12H24F3NO. The van der Waals surface area contributed by atoms with Gasteiger partial charge in [-0.2, -0.15) is 13.2 Å². The van der Waals surface area contributed by atoms with E-state index in [9.17, 15) is 13.2 Å². The summed E-state index contributed by atoms with van der Waals surface area (Å²) in [6, 6.07) is 0. The van der Waals surface area contributed by atoms with E-state index in [0.717, 1.165) is 19.5 Å². The highest BCUT2D eigenvalue weighted by Gasteiger charge is 2.27. The highest BCUT2D eigenvalue weighted by atomic mass is 19.4. The summed E-state index contributed by atoms with van der Waals surface area (Å²) in [6.45, 7) is 7.10. The molecule has 0 aliphatic rings. The first-order chi connectivity index (χ1) is 7.87. The van der Waals surface area contributed by atoms with Gasteiger partial charge in [0.2, 0.25) is 0 Å². The van der Waals surface area contributed by atoms with Gasteiger partial charge in [0.25, 0.3) is 0 Å².